The van der Waals surface area contributed by atoms with Gasteiger partial charge in [0.05, 0.1) is 31.6 Å². The molecule has 0 fully saturated rings. The molecule has 1 aromatic heterocycles. The summed E-state index contributed by atoms with van der Waals surface area (Å²) < 4.78 is 46.3. The third-order valence-corrected chi connectivity index (χ3v) is 5.13. The van der Waals surface area contributed by atoms with Crippen molar-refractivity contribution >= 4 is 38.5 Å². The number of hydrogen-bond acceptors (Lipinski definition) is 7. The molecule has 1 N–H and O–H groups in total. The van der Waals surface area contributed by atoms with Crippen molar-refractivity contribution < 1.29 is 17.9 Å². The van der Waals surface area contributed by atoms with Crippen LogP contribution in [-0.4, -0.2) is 31.4 Å². The molecule has 3 aromatic rings. The zero-order chi connectivity index (χ0) is 16.4. The highest BCUT2D eigenvalue weighted by Crippen LogP contribution is 2.31. The van der Waals surface area contributed by atoms with E-state index in [9.17, 15) is 8.42 Å². The lowest BCUT2D eigenvalue weighted by Gasteiger charge is -2.13. The number of ether oxygens (including phenoxy) is 2. The second-order valence-electron chi connectivity index (χ2n) is 4.56. The van der Waals surface area contributed by atoms with Crippen molar-refractivity contribution in [1.29, 1.82) is 0 Å². The predicted molar refractivity (Wildman–Crippen MR) is 87.8 cm³/mol. The Bertz CT molecular complexity index is 954. The summed E-state index contributed by atoms with van der Waals surface area (Å²) in [5, 5.41) is 0. The summed E-state index contributed by atoms with van der Waals surface area (Å²) >= 11 is 0.969. The summed E-state index contributed by atoms with van der Waals surface area (Å²) in [6.45, 7) is 0. The van der Waals surface area contributed by atoms with Gasteiger partial charge in [-0.2, -0.15) is 8.75 Å². The van der Waals surface area contributed by atoms with Crippen molar-refractivity contribution in [3.63, 3.8) is 0 Å². The van der Waals surface area contributed by atoms with Crippen LogP contribution in [0.5, 0.6) is 11.5 Å². The Morgan fingerprint density at radius 2 is 1.91 bits per heavy atom. The minimum absolute atomic E-state index is 0.0709. The van der Waals surface area contributed by atoms with Gasteiger partial charge < -0.3 is 9.47 Å². The predicted octanol–water partition coefficient (Wildman–Crippen LogP) is 2.51. The Kier molecular flexibility index (Phi) is 4.05. The smallest absolute Gasteiger partial charge is 0.264 e. The average Bonchev–Trinajstić information content (AvgIpc) is 3.03. The van der Waals surface area contributed by atoms with Gasteiger partial charge in [-0.05, 0) is 24.3 Å². The topological polar surface area (TPSA) is 90.4 Å². The molecule has 0 bridgehead atoms. The number of anilines is 1. The van der Waals surface area contributed by atoms with E-state index in [2.05, 4.69) is 13.5 Å². The molecule has 23 heavy (non-hydrogen) atoms. The fraction of sp³-hybridized carbons (Fsp3) is 0.143. The van der Waals surface area contributed by atoms with Crippen molar-refractivity contribution in [2.45, 2.75) is 4.90 Å². The molecule has 120 valence electrons. The van der Waals surface area contributed by atoms with Gasteiger partial charge in [0.25, 0.3) is 10.0 Å². The summed E-state index contributed by atoms with van der Waals surface area (Å²) in [5.41, 5.74) is 1.20. The Labute approximate surface area is 137 Å². The largest absolute Gasteiger partial charge is 0.497 e. The first kappa shape index (κ1) is 15.5. The molecule has 2 aromatic carbocycles. The van der Waals surface area contributed by atoms with Crippen LogP contribution in [0.1, 0.15) is 0 Å². The lowest BCUT2D eigenvalue weighted by Crippen LogP contribution is -2.14. The molecule has 3 rings (SSSR count). The van der Waals surface area contributed by atoms with Crippen LogP contribution < -0.4 is 14.2 Å². The summed E-state index contributed by atoms with van der Waals surface area (Å²) in [6, 6.07) is 9.65. The van der Waals surface area contributed by atoms with Crippen molar-refractivity contribution in [3.8, 4) is 11.5 Å². The summed E-state index contributed by atoms with van der Waals surface area (Å²) in [6.07, 6.45) is 0. The molecule has 0 aliphatic carbocycles. The van der Waals surface area contributed by atoms with Gasteiger partial charge >= 0.3 is 0 Å². The van der Waals surface area contributed by atoms with E-state index in [1.54, 1.807) is 30.3 Å². The molecular formula is C14H13N3O4S2. The van der Waals surface area contributed by atoms with E-state index >= 15 is 0 Å². The number of nitrogens with zero attached hydrogens (tertiary/aromatic N) is 2. The maximum Gasteiger partial charge on any atom is 0.264 e. The molecule has 0 atom stereocenters. The van der Waals surface area contributed by atoms with Crippen molar-refractivity contribution in [1.82, 2.24) is 8.75 Å². The van der Waals surface area contributed by atoms with E-state index in [1.807, 2.05) is 0 Å². The Morgan fingerprint density at radius 1 is 1.09 bits per heavy atom. The quantitative estimate of drug-likeness (QED) is 0.759. The third-order valence-electron chi connectivity index (χ3n) is 3.19. The normalized spacial score (nSPS) is 11.4. The lowest BCUT2D eigenvalue weighted by atomic mass is 10.3. The van der Waals surface area contributed by atoms with Gasteiger partial charge in [-0.25, -0.2) is 8.42 Å². The number of methoxy groups -OCH3 is 2. The van der Waals surface area contributed by atoms with Crippen LogP contribution in [0, 0.1) is 0 Å². The number of rotatable bonds is 5. The van der Waals surface area contributed by atoms with E-state index in [4.69, 9.17) is 9.47 Å². The van der Waals surface area contributed by atoms with Crippen LogP contribution in [0.4, 0.5) is 5.69 Å². The lowest BCUT2D eigenvalue weighted by molar-refractivity contribution is 0.395. The molecule has 0 radical (unpaired) electrons. The number of fused-ring (bicyclic) bond motifs is 1. The Hall–Kier alpha value is -2.39. The number of hydrogen-bond donors (Lipinski definition) is 1. The van der Waals surface area contributed by atoms with Crippen molar-refractivity contribution in [2.75, 3.05) is 18.9 Å². The average molecular weight is 351 g/mol. The molecule has 7 nitrogen and oxygen atoms in total. The summed E-state index contributed by atoms with van der Waals surface area (Å²) in [4.78, 5) is 0.0709. The highest BCUT2D eigenvalue weighted by molar-refractivity contribution is 7.93. The highest BCUT2D eigenvalue weighted by Gasteiger charge is 2.21. The Balaban J connectivity index is 2.03. The summed E-state index contributed by atoms with van der Waals surface area (Å²) in [7, 11) is -0.850. The number of sulfonamides is 1. The SMILES string of the molecule is COc1ccc(NS(=O)(=O)c2cccc3nsnc23)c(OC)c1. The zero-order valence-corrected chi connectivity index (χ0v) is 13.9. The number of benzene rings is 2. The van der Waals surface area contributed by atoms with Crippen LogP contribution in [0.15, 0.2) is 41.3 Å². The van der Waals surface area contributed by atoms with Crippen LogP contribution in [0.3, 0.4) is 0 Å². The molecule has 0 saturated carbocycles. The second kappa shape index (κ2) is 6.01. The van der Waals surface area contributed by atoms with E-state index < -0.39 is 10.0 Å². The first-order valence-corrected chi connectivity index (χ1v) is 8.72. The third kappa shape index (κ3) is 2.92. The van der Waals surface area contributed by atoms with Crippen molar-refractivity contribution in [3.05, 3.63) is 36.4 Å². The standard InChI is InChI=1S/C14H13N3O4S2/c1-20-9-6-7-10(12(8-9)21-2)17-23(18,19)13-5-3-4-11-14(13)16-22-15-11/h3-8,17H,1-2H3. The fourth-order valence-corrected chi connectivity index (χ4v) is 3.92. The monoisotopic (exact) mass is 351 g/mol. The maximum atomic E-state index is 12.7. The van der Waals surface area contributed by atoms with Crippen LogP contribution in [0.25, 0.3) is 11.0 Å². The minimum atomic E-state index is -3.83. The van der Waals surface area contributed by atoms with E-state index in [-0.39, 0.29) is 4.90 Å². The molecule has 0 unspecified atom stereocenters. The molecule has 0 aliphatic rings. The van der Waals surface area contributed by atoms with E-state index in [1.165, 1.54) is 20.3 Å². The molecule has 1 heterocycles. The van der Waals surface area contributed by atoms with Gasteiger partial charge in [-0.15, -0.1) is 0 Å². The second-order valence-corrected chi connectivity index (χ2v) is 6.74. The zero-order valence-electron chi connectivity index (χ0n) is 12.3. The number of nitrogens with one attached hydrogen (secondary N) is 1. The first-order valence-electron chi connectivity index (χ1n) is 6.51. The van der Waals surface area contributed by atoms with Gasteiger partial charge in [0.1, 0.15) is 27.4 Å². The molecule has 0 saturated heterocycles. The Morgan fingerprint density at radius 3 is 2.65 bits per heavy atom. The van der Waals surface area contributed by atoms with Gasteiger partial charge in [-0.3, -0.25) is 4.72 Å². The van der Waals surface area contributed by atoms with Crippen molar-refractivity contribution in [2.24, 2.45) is 0 Å². The van der Waals surface area contributed by atoms with Crippen LogP contribution in [-0.2, 0) is 10.0 Å². The van der Waals surface area contributed by atoms with Gasteiger partial charge in [0.15, 0.2) is 0 Å². The fourth-order valence-electron chi connectivity index (χ4n) is 2.08. The molecular weight excluding hydrogens is 338 g/mol. The van der Waals surface area contributed by atoms with Gasteiger partial charge in [-0.1, -0.05) is 6.07 Å². The van der Waals surface area contributed by atoms with E-state index in [0.717, 1.165) is 11.7 Å². The first-order chi connectivity index (χ1) is 11.0. The van der Waals surface area contributed by atoms with Crippen LogP contribution >= 0.6 is 11.7 Å². The maximum absolute atomic E-state index is 12.7. The minimum Gasteiger partial charge on any atom is -0.497 e. The van der Waals surface area contributed by atoms with Gasteiger partial charge in [0, 0.05) is 6.07 Å². The molecule has 0 spiro atoms. The molecule has 9 heteroatoms. The van der Waals surface area contributed by atoms with E-state index in [0.29, 0.717) is 28.2 Å². The summed E-state index contributed by atoms with van der Waals surface area (Å²) in [5.74, 6) is 0.923. The highest BCUT2D eigenvalue weighted by atomic mass is 32.2. The van der Waals surface area contributed by atoms with Crippen LogP contribution in [0.2, 0.25) is 0 Å². The number of aromatic nitrogens is 2. The van der Waals surface area contributed by atoms with Gasteiger partial charge in [0.2, 0.25) is 0 Å². The molecule has 0 amide bonds. The molecule has 0 aliphatic heterocycles.